The van der Waals surface area contributed by atoms with Gasteiger partial charge in [-0.25, -0.2) is 4.39 Å². The summed E-state index contributed by atoms with van der Waals surface area (Å²) < 4.78 is 25.3. The van der Waals surface area contributed by atoms with Crippen LogP contribution in [0.4, 0.5) is 4.39 Å². The first kappa shape index (κ1) is 27.4. The molecule has 3 aliphatic rings. The van der Waals surface area contributed by atoms with Crippen molar-refractivity contribution in [1.29, 1.82) is 0 Å². The average Bonchev–Trinajstić information content (AvgIpc) is 2.83. The number of allylic oxidation sites excluding steroid dienone is 4. The van der Waals surface area contributed by atoms with E-state index >= 15 is 0 Å². The molecule has 0 radical (unpaired) electrons. The van der Waals surface area contributed by atoms with Crippen LogP contribution in [-0.2, 0) is 16.2 Å². The van der Waals surface area contributed by atoms with E-state index in [1.165, 1.54) is 19.2 Å². The fourth-order valence-electron chi connectivity index (χ4n) is 6.33. The van der Waals surface area contributed by atoms with Gasteiger partial charge in [0.2, 0.25) is 0 Å². The Kier molecular flexibility index (Phi) is 6.91. The Hall–Kier alpha value is -3.12. The molecule has 5 nitrogen and oxygen atoms in total. The molecule has 0 spiro atoms. The molecule has 0 saturated heterocycles. The maximum Gasteiger partial charge on any atom is 0.180 e. The third-order valence-electron chi connectivity index (χ3n) is 8.04. The van der Waals surface area contributed by atoms with Gasteiger partial charge >= 0.3 is 0 Å². The van der Waals surface area contributed by atoms with Gasteiger partial charge in [0, 0.05) is 48.3 Å². The number of hydrogen-bond acceptors (Lipinski definition) is 5. The third kappa shape index (κ3) is 5.11. The van der Waals surface area contributed by atoms with Crippen molar-refractivity contribution in [2.24, 2.45) is 10.8 Å². The van der Waals surface area contributed by atoms with E-state index in [-0.39, 0.29) is 34.8 Å². The SMILES string of the molecule is COc1cc(C2C3=C(CC(C)(C)CC3=O)N(C)C3=C2C(=O)CC(C)(C)C3)cc(Cl)c1OCc1cccc(F)c1. The van der Waals surface area contributed by atoms with Crippen LogP contribution >= 0.6 is 11.6 Å². The quantitative estimate of drug-likeness (QED) is 0.388. The van der Waals surface area contributed by atoms with Gasteiger partial charge in [-0.05, 0) is 59.1 Å². The number of rotatable bonds is 5. The van der Waals surface area contributed by atoms with Crippen molar-refractivity contribution >= 4 is 23.2 Å². The van der Waals surface area contributed by atoms with Crippen molar-refractivity contribution < 1.29 is 23.5 Å². The molecule has 0 fully saturated rings. The Balaban J connectivity index is 1.63. The van der Waals surface area contributed by atoms with Crippen molar-refractivity contribution in [3.05, 3.63) is 80.9 Å². The van der Waals surface area contributed by atoms with Crippen LogP contribution in [0.3, 0.4) is 0 Å². The maximum atomic E-state index is 13.7. The summed E-state index contributed by atoms with van der Waals surface area (Å²) in [5, 5.41) is 0.302. The van der Waals surface area contributed by atoms with Gasteiger partial charge in [0.25, 0.3) is 0 Å². The third-order valence-corrected chi connectivity index (χ3v) is 8.32. The molecule has 0 unspecified atom stereocenters. The molecule has 0 amide bonds. The second kappa shape index (κ2) is 9.81. The lowest BCUT2D eigenvalue weighted by molar-refractivity contribution is -0.119. The van der Waals surface area contributed by atoms with Gasteiger partial charge < -0.3 is 14.4 Å². The lowest BCUT2D eigenvalue weighted by Gasteiger charge is -2.48. The maximum absolute atomic E-state index is 13.7. The summed E-state index contributed by atoms with van der Waals surface area (Å²) in [6.07, 6.45) is 2.31. The fourth-order valence-corrected chi connectivity index (χ4v) is 6.60. The van der Waals surface area contributed by atoms with Gasteiger partial charge in [0.15, 0.2) is 23.1 Å². The Labute approximate surface area is 234 Å². The van der Waals surface area contributed by atoms with E-state index in [4.69, 9.17) is 21.1 Å². The van der Waals surface area contributed by atoms with Crippen molar-refractivity contribution in [1.82, 2.24) is 4.90 Å². The fraction of sp³-hybridized carbons (Fsp3) is 0.438. The van der Waals surface area contributed by atoms with Crippen molar-refractivity contribution in [3.8, 4) is 11.5 Å². The average molecular weight is 552 g/mol. The predicted octanol–water partition coefficient (Wildman–Crippen LogP) is 7.38. The van der Waals surface area contributed by atoms with Crippen LogP contribution in [-0.4, -0.2) is 30.6 Å². The van der Waals surface area contributed by atoms with Crippen LogP contribution in [0, 0.1) is 16.6 Å². The summed E-state index contributed by atoms with van der Waals surface area (Å²) in [4.78, 5) is 29.6. The molecule has 1 heterocycles. The minimum Gasteiger partial charge on any atom is -0.493 e. The Bertz CT molecular complexity index is 1380. The minimum atomic E-state index is -0.526. The van der Waals surface area contributed by atoms with Crippen LogP contribution in [0.25, 0.3) is 0 Å². The lowest BCUT2D eigenvalue weighted by atomic mass is 9.63. The van der Waals surface area contributed by atoms with Crippen LogP contribution in [0.5, 0.6) is 11.5 Å². The topological polar surface area (TPSA) is 55.8 Å². The number of ether oxygens (including phenoxy) is 2. The Morgan fingerprint density at radius 2 is 1.54 bits per heavy atom. The number of halogens is 2. The van der Waals surface area contributed by atoms with Gasteiger partial charge in [-0.1, -0.05) is 51.4 Å². The molecule has 39 heavy (non-hydrogen) atoms. The largest absolute Gasteiger partial charge is 0.493 e. The molecule has 5 rings (SSSR count). The van der Waals surface area contributed by atoms with E-state index in [2.05, 4.69) is 32.6 Å². The molecule has 0 bridgehead atoms. The summed E-state index contributed by atoms with van der Waals surface area (Å²) in [5.41, 5.74) is 4.34. The van der Waals surface area contributed by atoms with E-state index in [1.54, 1.807) is 18.2 Å². The number of ketones is 2. The highest BCUT2D eigenvalue weighted by atomic mass is 35.5. The normalized spacial score (nSPS) is 20.7. The number of carbonyl (C=O) groups excluding carboxylic acids is 2. The zero-order valence-corrected chi connectivity index (χ0v) is 24.2. The highest BCUT2D eigenvalue weighted by molar-refractivity contribution is 6.32. The molecule has 0 N–H and O–H groups in total. The Morgan fingerprint density at radius 3 is 2.08 bits per heavy atom. The predicted molar refractivity (Wildman–Crippen MR) is 149 cm³/mol. The highest BCUT2D eigenvalue weighted by Gasteiger charge is 2.48. The number of carbonyl (C=O) groups is 2. The number of nitrogens with zero attached hydrogens (tertiary/aromatic N) is 1. The molecule has 0 atom stereocenters. The van der Waals surface area contributed by atoms with E-state index in [9.17, 15) is 14.0 Å². The zero-order chi connectivity index (χ0) is 28.3. The zero-order valence-electron chi connectivity index (χ0n) is 23.4. The van der Waals surface area contributed by atoms with Crippen LogP contribution in [0.1, 0.15) is 70.4 Å². The van der Waals surface area contributed by atoms with E-state index in [0.29, 0.717) is 46.1 Å². The van der Waals surface area contributed by atoms with Gasteiger partial charge in [-0.3, -0.25) is 9.59 Å². The monoisotopic (exact) mass is 551 g/mol. The molecule has 2 aromatic rings. The molecule has 0 aromatic heterocycles. The summed E-state index contributed by atoms with van der Waals surface area (Å²) >= 11 is 6.78. The molecular weight excluding hydrogens is 517 g/mol. The smallest absolute Gasteiger partial charge is 0.180 e. The van der Waals surface area contributed by atoms with Crippen LogP contribution in [0.2, 0.25) is 5.02 Å². The molecule has 0 saturated carbocycles. The first-order valence-electron chi connectivity index (χ1n) is 13.3. The molecular formula is C32H35ClFNO4. The van der Waals surface area contributed by atoms with Gasteiger partial charge in [-0.15, -0.1) is 0 Å². The van der Waals surface area contributed by atoms with E-state index < -0.39 is 5.92 Å². The number of benzene rings is 2. The highest BCUT2D eigenvalue weighted by Crippen LogP contribution is 2.55. The van der Waals surface area contributed by atoms with Crippen molar-refractivity contribution in [2.75, 3.05) is 14.2 Å². The summed E-state index contributed by atoms with van der Waals surface area (Å²) in [6.45, 7) is 8.56. The standard InChI is InChI=1S/C32H35ClFNO4/c1-31(2)13-22-28(24(36)15-31)27(29-23(35(22)5)14-32(3,4)16-25(29)37)19-11-21(33)30(26(12-19)38-6)39-17-18-8-7-9-20(34)10-18/h7-12,27H,13-17H2,1-6H3. The number of Topliss-reactive ketones (excluding diaryl/α,β-unsaturated/α-hetero) is 2. The lowest BCUT2D eigenvalue weighted by Crippen LogP contribution is -2.43. The van der Waals surface area contributed by atoms with Gasteiger partial charge in [-0.2, -0.15) is 0 Å². The number of methoxy groups -OCH3 is 1. The second-order valence-electron chi connectivity index (χ2n) is 12.5. The molecule has 1 aliphatic heterocycles. The molecule has 2 aromatic carbocycles. The van der Waals surface area contributed by atoms with Gasteiger partial charge in [0.1, 0.15) is 12.4 Å². The minimum absolute atomic E-state index is 0.0591. The van der Waals surface area contributed by atoms with Gasteiger partial charge in [0.05, 0.1) is 12.1 Å². The number of hydrogen-bond donors (Lipinski definition) is 0. The summed E-state index contributed by atoms with van der Waals surface area (Å²) in [6, 6.07) is 9.76. The second-order valence-corrected chi connectivity index (χ2v) is 13.0. The van der Waals surface area contributed by atoms with Crippen molar-refractivity contribution in [3.63, 3.8) is 0 Å². The van der Waals surface area contributed by atoms with Crippen molar-refractivity contribution in [2.45, 2.75) is 65.9 Å². The summed E-state index contributed by atoms with van der Waals surface area (Å²) in [5.74, 6) is -0.0321. The van der Waals surface area contributed by atoms with E-state index in [0.717, 1.165) is 29.8 Å². The van der Waals surface area contributed by atoms with Crippen LogP contribution < -0.4 is 9.47 Å². The molecule has 2 aliphatic carbocycles. The summed E-state index contributed by atoms with van der Waals surface area (Å²) in [7, 11) is 3.51. The first-order valence-corrected chi connectivity index (χ1v) is 13.7. The molecule has 206 valence electrons. The van der Waals surface area contributed by atoms with Crippen LogP contribution in [0.15, 0.2) is 58.9 Å². The molecule has 7 heteroatoms. The Morgan fingerprint density at radius 1 is 0.949 bits per heavy atom. The first-order chi connectivity index (χ1) is 18.3. The van der Waals surface area contributed by atoms with E-state index in [1.807, 2.05) is 13.1 Å².